The summed E-state index contributed by atoms with van der Waals surface area (Å²) in [5.74, 6) is 0. The van der Waals surface area contributed by atoms with E-state index in [1.807, 2.05) is 18.5 Å². The van der Waals surface area contributed by atoms with Crippen LogP contribution in [0.3, 0.4) is 0 Å². The van der Waals surface area contributed by atoms with Crippen molar-refractivity contribution >= 4 is 21.4 Å². The second-order valence-corrected chi connectivity index (χ2v) is 7.14. The number of aryl methyl sites for hydroxylation is 2. The van der Waals surface area contributed by atoms with Crippen LogP contribution in [0.15, 0.2) is 47.4 Å². The molecule has 132 valence electrons. The Hall–Kier alpha value is -3.00. The van der Waals surface area contributed by atoms with E-state index in [0.29, 0.717) is 10.1 Å². The normalized spacial score (nSPS) is 12.4. The van der Waals surface area contributed by atoms with E-state index in [0.717, 1.165) is 22.6 Å². The fourth-order valence-electron chi connectivity index (χ4n) is 2.87. The highest BCUT2D eigenvalue weighted by atomic mass is 32.1. The van der Waals surface area contributed by atoms with E-state index in [9.17, 15) is 4.79 Å². The molecule has 26 heavy (non-hydrogen) atoms. The van der Waals surface area contributed by atoms with Crippen LogP contribution in [0.2, 0.25) is 0 Å². The smallest absolute Gasteiger partial charge is 0.275 e. The van der Waals surface area contributed by atoms with Crippen LogP contribution in [-0.2, 0) is 0 Å². The van der Waals surface area contributed by atoms with Crippen LogP contribution >= 0.6 is 11.3 Å². The van der Waals surface area contributed by atoms with Gasteiger partial charge in [0.05, 0.1) is 17.4 Å². The van der Waals surface area contributed by atoms with Crippen molar-refractivity contribution in [3.63, 3.8) is 0 Å². The first-order valence-electron chi connectivity index (χ1n) is 8.26. The monoisotopic (exact) mass is 366 g/mol. The summed E-state index contributed by atoms with van der Waals surface area (Å²) in [7, 11) is 0. The SMILES string of the molecule is Cc1cc(C)n(-c2ccc(C(C)Nc3nn4c(=O)ccnc4s3)cc2)n1. The van der Waals surface area contributed by atoms with Crippen LogP contribution < -0.4 is 10.9 Å². The van der Waals surface area contributed by atoms with Gasteiger partial charge in [-0.25, -0.2) is 9.67 Å². The third-order valence-corrected chi connectivity index (χ3v) is 5.01. The molecule has 0 aliphatic heterocycles. The Kier molecular flexibility index (Phi) is 4.04. The molecule has 3 heterocycles. The molecule has 4 rings (SSSR count). The third kappa shape index (κ3) is 2.99. The maximum Gasteiger partial charge on any atom is 0.275 e. The summed E-state index contributed by atoms with van der Waals surface area (Å²) in [6.45, 7) is 6.09. The standard InChI is InChI=1S/C18H18N6OS/c1-11-10-12(2)23(21-11)15-6-4-14(5-7-15)13(3)20-17-22-24-16(25)8-9-19-18(24)26-17/h4-10,13H,1-3H3,(H,20,22). The Morgan fingerprint density at radius 1 is 1.12 bits per heavy atom. The van der Waals surface area contributed by atoms with Crippen LogP contribution in [0.25, 0.3) is 10.6 Å². The number of hydrogen-bond donors (Lipinski definition) is 1. The predicted molar refractivity (Wildman–Crippen MR) is 102 cm³/mol. The average Bonchev–Trinajstić information content (AvgIpc) is 3.18. The molecule has 0 amide bonds. The molecule has 0 aliphatic carbocycles. The summed E-state index contributed by atoms with van der Waals surface area (Å²) < 4.78 is 3.24. The molecule has 0 fully saturated rings. The molecular formula is C18H18N6OS. The fraction of sp³-hybridized carbons (Fsp3) is 0.222. The number of hydrogen-bond acceptors (Lipinski definition) is 6. The summed E-state index contributed by atoms with van der Waals surface area (Å²) >= 11 is 1.35. The van der Waals surface area contributed by atoms with Gasteiger partial charge in [0, 0.05) is 18.0 Å². The van der Waals surface area contributed by atoms with Gasteiger partial charge in [-0.3, -0.25) is 4.79 Å². The molecule has 0 aliphatic rings. The Morgan fingerprint density at radius 3 is 2.54 bits per heavy atom. The largest absolute Gasteiger partial charge is 0.354 e. The predicted octanol–water partition coefficient (Wildman–Crippen LogP) is 3.13. The van der Waals surface area contributed by atoms with Gasteiger partial charge in [0.15, 0.2) is 0 Å². The summed E-state index contributed by atoms with van der Waals surface area (Å²) in [6, 6.07) is 11.7. The number of fused-ring (bicyclic) bond motifs is 1. The number of nitrogens with one attached hydrogen (secondary N) is 1. The van der Waals surface area contributed by atoms with Crippen molar-refractivity contribution < 1.29 is 0 Å². The molecule has 3 aromatic heterocycles. The van der Waals surface area contributed by atoms with Crippen LogP contribution in [0, 0.1) is 13.8 Å². The van der Waals surface area contributed by atoms with Crippen molar-refractivity contribution in [2.45, 2.75) is 26.8 Å². The number of rotatable bonds is 4. The quantitative estimate of drug-likeness (QED) is 0.600. The Labute approximate surface area is 154 Å². The highest BCUT2D eigenvalue weighted by Gasteiger charge is 2.11. The van der Waals surface area contributed by atoms with Crippen molar-refractivity contribution in [3.8, 4) is 5.69 Å². The fourth-order valence-corrected chi connectivity index (χ4v) is 3.73. The zero-order chi connectivity index (χ0) is 18.3. The number of aromatic nitrogens is 5. The first-order chi connectivity index (χ1) is 12.5. The van der Waals surface area contributed by atoms with Gasteiger partial charge >= 0.3 is 0 Å². The first kappa shape index (κ1) is 16.5. The zero-order valence-electron chi connectivity index (χ0n) is 14.7. The minimum atomic E-state index is -0.179. The van der Waals surface area contributed by atoms with Gasteiger partial charge in [0.2, 0.25) is 10.1 Å². The Balaban J connectivity index is 1.56. The molecule has 0 saturated heterocycles. The molecule has 0 radical (unpaired) electrons. The minimum absolute atomic E-state index is 0.0424. The van der Waals surface area contributed by atoms with Crippen molar-refractivity contribution in [3.05, 3.63) is 69.9 Å². The second kappa shape index (κ2) is 6.38. The van der Waals surface area contributed by atoms with Crippen molar-refractivity contribution in [2.24, 2.45) is 0 Å². The van der Waals surface area contributed by atoms with Gasteiger partial charge in [-0.05, 0) is 44.5 Å². The maximum atomic E-state index is 11.8. The van der Waals surface area contributed by atoms with Crippen LogP contribution in [0.4, 0.5) is 5.13 Å². The molecule has 0 bridgehead atoms. The van der Waals surface area contributed by atoms with Crippen molar-refractivity contribution in [1.29, 1.82) is 0 Å². The minimum Gasteiger partial charge on any atom is -0.354 e. The molecular weight excluding hydrogens is 348 g/mol. The molecule has 1 N–H and O–H groups in total. The lowest BCUT2D eigenvalue weighted by molar-refractivity contribution is 0.825. The average molecular weight is 366 g/mol. The number of anilines is 1. The van der Waals surface area contributed by atoms with Gasteiger partial charge in [-0.15, -0.1) is 5.10 Å². The van der Waals surface area contributed by atoms with E-state index in [1.54, 1.807) is 0 Å². The van der Waals surface area contributed by atoms with E-state index in [1.165, 1.54) is 28.1 Å². The molecule has 1 atom stereocenters. The van der Waals surface area contributed by atoms with Gasteiger partial charge in [-0.1, -0.05) is 23.5 Å². The van der Waals surface area contributed by atoms with Gasteiger partial charge in [-0.2, -0.15) is 9.61 Å². The zero-order valence-corrected chi connectivity index (χ0v) is 15.5. The van der Waals surface area contributed by atoms with E-state index in [4.69, 9.17) is 0 Å². The third-order valence-electron chi connectivity index (χ3n) is 4.16. The topological polar surface area (TPSA) is 77.1 Å². The molecule has 1 aromatic carbocycles. The van der Waals surface area contributed by atoms with Crippen molar-refractivity contribution in [1.82, 2.24) is 24.4 Å². The maximum absolute atomic E-state index is 11.8. The lowest BCUT2D eigenvalue weighted by Crippen LogP contribution is -2.13. The lowest BCUT2D eigenvalue weighted by atomic mass is 10.1. The molecule has 4 aromatic rings. The molecule has 0 saturated carbocycles. The molecule has 7 nitrogen and oxygen atoms in total. The Morgan fingerprint density at radius 2 is 1.88 bits per heavy atom. The number of benzene rings is 1. The summed E-state index contributed by atoms with van der Waals surface area (Å²) in [6.07, 6.45) is 1.50. The van der Waals surface area contributed by atoms with E-state index < -0.39 is 0 Å². The highest BCUT2D eigenvalue weighted by Crippen LogP contribution is 2.23. The van der Waals surface area contributed by atoms with Gasteiger partial charge < -0.3 is 5.32 Å². The summed E-state index contributed by atoms with van der Waals surface area (Å²) in [4.78, 5) is 16.5. The van der Waals surface area contributed by atoms with E-state index >= 15 is 0 Å². The van der Waals surface area contributed by atoms with Gasteiger partial charge in [0.1, 0.15) is 0 Å². The van der Waals surface area contributed by atoms with E-state index in [-0.39, 0.29) is 11.6 Å². The van der Waals surface area contributed by atoms with Crippen LogP contribution in [0.1, 0.15) is 29.9 Å². The lowest BCUT2D eigenvalue weighted by Gasteiger charge is -2.14. The van der Waals surface area contributed by atoms with E-state index in [2.05, 4.69) is 57.8 Å². The van der Waals surface area contributed by atoms with Crippen molar-refractivity contribution in [2.75, 3.05) is 5.32 Å². The van der Waals surface area contributed by atoms with Gasteiger partial charge in [0.25, 0.3) is 5.56 Å². The number of nitrogens with zero attached hydrogens (tertiary/aromatic N) is 5. The second-order valence-electron chi connectivity index (χ2n) is 6.18. The molecule has 1 unspecified atom stereocenters. The summed E-state index contributed by atoms with van der Waals surface area (Å²) in [5, 5.41) is 12.8. The summed E-state index contributed by atoms with van der Waals surface area (Å²) in [5.41, 5.74) is 4.08. The molecule has 0 spiro atoms. The highest BCUT2D eigenvalue weighted by molar-refractivity contribution is 7.20. The Bertz CT molecular complexity index is 1120. The molecule has 8 heteroatoms. The van der Waals surface area contributed by atoms with Crippen LogP contribution in [0.5, 0.6) is 0 Å². The first-order valence-corrected chi connectivity index (χ1v) is 9.08. The van der Waals surface area contributed by atoms with Crippen LogP contribution in [-0.4, -0.2) is 24.4 Å².